The third-order valence-corrected chi connectivity index (χ3v) is 5.41. The molecule has 0 aliphatic rings. The fourth-order valence-corrected chi connectivity index (χ4v) is 3.78. The maximum atomic E-state index is 12.8. The number of anilines is 1. The average molecular weight is 425 g/mol. The number of hydrogen-bond acceptors (Lipinski definition) is 6. The van der Waals surface area contributed by atoms with Crippen LogP contribution in [0.1, 0.15) is 32.9 Å². The van der Waals surface area contributed by atoms with E-state index in [0.29, 0.717) is 23.3 Å². The van der Waals surface area contributed by atoms with E-state index >= 15 is 0 Å². The van der Waals surface area contributed by atoms with E-state index in [1.54, 1.807) is 6.07 Å². The number of benzene rings is 3. The van der Waals surface area contributed by atoms with Crippen LogP contribution in [0.15, 0.2) is 74.3 Å². The summed E-state index contributed by atoms with van der Waals surface area (Å²) in [6.07, 6.45) is 0.444. The van der Waals surface area contributed by atoms with Crippen molar-refractivity contribution in [2.24, 2.45) is 0 Å². The normalized spacial score (nSPS) is 11.2. The lowest BCUT2D eigenvalue weighted by atomic mass is 10.0. The molecule has 0 unspecified atom stereocenters. The number of fused-ring (bicyclic) bond motifs is 3. The Hall–Kier alpha value is -4.26. The van der Waals surface area contributed by atoms with Crippen LogP contribution in [0.25, 0.3) is 21.7 Å². The van der Waals surface area contributed by atoms with Gasteiger partial charge in [-0.05, 0) is 47.9 Å². The van der Waals surface area contributed by atoms with Crippen molar-refractivity contribution in [1.82, 2.24) is 10.2 Å². The molecule has 32 heavy (non-hydrogen) atoms. The molecular formula is C25H19N3O4. The number of nitrogens with zero attached hydrogens (tertiary/aromatic N) is 2. The van der Waals surface area contributed by atoms with Crippen LogP contribution in [0.3, 0.4) is 0 Å². The summed E-state index contributed by atoms with van der Waals surface area (Å²) >= 11 is 0. The molecule has 0 saturated carbocycles. The Morgan fingerprint density at radius 3 is 2.62 bits per heavy atom. The van der Waals surface area contributed by atoms with Crippen LogP contribution in [-0.2, 0) is 6.42 Å². The van der Waals surface area contributed by atoms with E-state index in [4.69, 9.17) is 8.83 Å². The van der Waals surface area contributed by atoms with Gasteiger partial charge in [-0.15, -0.1) is 5.10 Å². The van der Waals surface area contributed by atoms with Crippen molar-refractivity contribution in [1.29, 1.82) is 0 Å². The fourth-order valence-electron chi connectivity index (χ4n) is 3.78. The molecule has 158 valence electrons. The Labute approximate surface area is 182 Å². The summed E-state index contributed by atoms with van der Waals surface area (Å²) in [7, 11) is 0. The smallest absolute Gasteiger partial charge is 0.349 e. The number of carbonyl (C=O) groups is 1. The lowest BCUT2D eigenvalue weighted by Gasteiger charge is -2.05. The number of hydrogen-bond donors (Lipinski definition) is 1. The molecule has 5 rings (SSSR count). The van der Waals surface area contributed by atoms with Gasteiger partial charge >= 0.3 is 11.6 Å². The highest BCUT2D eigenvalue weighted by Crippen LogP contribution is 2.25. The Bertz CT molecular complexity index is 1550. The van der Waals surface area contributed by atoms with E-state index in [1.807, 2.05) is 56.3 Å². The second-order valence-electron chi connectivity index (χ2n) is 7.71. The molecular weight excluding hydrogens is 406 g/mol. The van der Waals surface area contributed by atoms with Gasteiger partial charge in [0, 0.05) is 5.39 Å². The fraction of sp³-hybridized carbons (Fsp3) is 0.120. The van der Waals surface area contributed by atoms with Crippen LogP contribution in [0.2, 0.25) is 0 Å². The predicted molar refractivity (Wildman–Crippen MR) is 121 cm³/mol. The predicted octanol–water partition coefficient (Wildman–Crippen LogP) is 4.79. The van der Waals surface area contributed by atoms with Crippen LogP contribution in [0, 0.1) is 13.8 Å². The van der Waals surface area contributed by atoms with Crippen molar-refractivity contribution in [3.63, 3.8) is 0 Å². The Morgan fingerprint density at radius 2 is 1.78 bits per heavy atom. The minimum absolute atomic E-state index is 0.0767. The maximum absolute atomic E-state index is 12.8. The Balaban J connectivity index is 1.42. The van der Waals surface area contributed by atoms with Gasteiger partial charge in [-0.25, -0.2) is 4.79 Å². The van der Waals surface area contributed by atoms with Crippen LogP contribution >= 0.6 is 0 Å². The van der Waals surface area contributed by atoms with Crippen LogP contribution < -0.4 is 10.9 Å². The van der Waals surface area contributed by atoms with Crippen LogP contribution in [0.4, 0.5) is 6.01 Å². The first-order valence-corrected chi connectivity index (χ1v) is 10.1. The minimum atomic E-state index is -0.736. The summed E-state index contributed by atoms with van der Waals surface area (Å²) in [5.74, 6) is -0.306. The summed E-state index contributed by atoms with van der Waals surface area (Å²) in [6, 6.07) is 18.8. The highest BCUT2D eigenvalue weighted by molar-refractivity contribution is 6.09. The lowest BCUT2D eigenvalue weighted by molar-refractivity contribution is 0.102. The number of carbonyl (C=O) groups excluding carboxylic acids is 1. The molecule has 3 aromatic carbocycles. The molecule has 7 heteroatoms. The summed E-state index contributed by atoms with van der Waals surface area (Å²) < 4.78 is 11.0. The van der Waals surface area contributed by atoms with Gasteiger partial charge in [0.05, 0.1) is 6.42 Å². The zero-order chi connectivity index (χ0) is 22.2. The van der Waals surface area contributed by atoms with E-state index in [1.165, 1.54) is 11.6 Å². The van der Waals surface area contributed by atoms with Crippen molar-refractivity contribution in [3.05, 3.63) is 99.2 Å². The van der Waals surface area contributed by atoms with Crippen LogP contribution in [0.5, 0.6) is 0 Å². The molecule has 1 N–H and O–H groups in total. The van der Waals surface area contributed by atoms with Gasteiger partial charge in [0.2, 0.25) is 5.89 Å². The number of aromatic nitrogens is 2. The maximum Gasteiger partial charge on any atom is 0.349 e. The summed E-state index contributed by atoms with van der Waals surface area (Å²) in [5, 5.41) is 12.9. The van der Waals surface area contributed by atoms with Gasteiger partial charge in [0.1, 0.15) is 11.1 Å². The molecule has 1 amide bonds. The number of nitrogens with one attached hydrogen (secondary N) is 1. The summed E-state index contributed by atoms with van der Waals surface area (Å²) in [4.78, 5) is 25.2. The molecule has 2 aromatic heterocycles. The van der Waals surface area contributed by atoms with E-state index < -0.39 is 11.5 Å². The molecule has 0 atom stereocenters. The number of rotatable bonds is 4. The molecule has 5 aromatic rings. The molecule has 0 bridgehead atoms. The zero-order valence-electron chi connectivity index (χ0n) is 17.5. The van der Waals surface area contributed by atoms with Gasteiger partial charge in [-0.2, -0.15) is 0 Å². The van der Waals surface area contributed by atoms with Gasteiger partial charge in [0.15, 0.2) is 0 Å². The number of amides is 1. The van der Waals surface area contributed by atoms with E-state index in [-0.39, 0.29) is 11.6 Å². The van der Waals surface area contributed by atoms with Crippen LogP contribution in [-0.4, -0.2) is 16.1 Å². The molecule has 0 fully saturated rings. The van der Waals surface area contributed by atoms with Gasteiger partial charge in [-0.1, -0.05) is 59.2 Å². The van der Waals surface area contributed by atoms with Crippen molar-refractivity contribution >= 4 is 33.7 Å². The molecule has 0 aliphatic heterocycles. The Morgan fingerprint density at radius 1 is 0.938 bits per heavy atom. The third kappa shape index (κ3) is 3.65. The summed E-state index contributed by atoms with van der Waals surface area (Å²) in [6.45, 7) is 4.05. The quantitative estimate of drug-likeness (QED) is 0.328. The minimum Gasteiger partial charge on any atom is -0.422 e. The first-order valence-electron chi connectivity index (χ1n) is 10.1. The molecule has 0 saturated heterocycles. The lowest BCUT2D eigenvalue weighted by Crippen LogP contribution is -2.20. The first-order chi connectivity index (χ1) is 15.5. The Kier molecular flexibility index (Phi) is 4.78. The number of aryl methyl sites for hydroxylation is 2. The van der Waals surface area contributed by atoms with Gasteiger partial charge < -0.3 is 8.83 Å². The van der Waals surface area contributed by atoms with E-state index in [2.05, 4.69) is 21.6 Å². The molecule has 2 heterocycles. The zero-order valence-corrected chi connectivity index (χ0v) is 17.5. The van der Waals surface area contributed by atoms with Crippen molar-refractivity contribution < 1.29 is 13.6 Å². The van der Waals surface area contributed by atoms with Crippen molar-refractivity contribution in [2.75, 3.05) is 5.32 Å². The van der Waals surface area contributed by atoms with Crippen molar-refractivity contribution in [3.8, 4) is 0 Å². The van der Waals surface area contributed by atoms with Gasteiger partial charge in [0.25, 0.3) is 5.91 Å². The molecule has 0 aliphatic carbocycles. The first kappa shape index (κ1) is 19.7. The van der Waals surface area contributed by atoms with E-state index in [0.717, 1.165) is 21.9 Å². The average Bonchev–Trinajstić information content (AvgIpc) is 3.21. The monoisotopic (exact) mass is 425 g/mol. The SMILES string of the molecule is Cc1ccc(Cc2nnc(NC(=O)c3cc4c(ccc5ccccc54)oc3=O)o2)c(C)c1. The molecule has 0 radical (unpaired) electrons. The molecule has 0 spiro atoms. The highest BCUT2D eigenvalue weighted by atomic mass is 16.4. The largest absolute Gasteiger partial charge is 0.422 e. The summed E-state index contributed by atoms with van der Waals surface area (Å²) in [5.41, 5.74) is 2.89. The topological polar surface area (TPSA) is 98.2 Å². The van der Waals surface area contributed by atoms with E-state index in [9.17, 15) is 9.59 Å². The van der Waals surface area contributed by atoms with Gasteiger partial charge in [-0.3, -0.25) is 10.1 Å². The second kappa shape index (κ2) is 7.77. The standard InChI is InChI=1S/C25H19N3O4/c1-14-7-8-17(15(2)11-14)12-22-27-28-25(32-22)26-23(29)20-13-19-18-6-4-3-5-16(18)9-10-21(19)31-24(20)30/h3-11,13H,12H2,1-2H3,(H,26,28,29). The van der Waals surface area contributed by atoms with Crippen molar-refractivity contribution in [2.45, 2.75) is 20.3 Å². The highest BCUT2D eigenvalue weighted by Gasteiger charge is 2.18. The molecule has 7 nitrogen and oxygen atoms in total. The second-order valence-corrected chi connectivity index (χ2v) is 7.71. The third-order valence-electron chi connectivity index (χ3n) is 5.41.